The summed E-state index contributed by atoms with van der Waals surface area (Å²) in [5, 5.41) is 4.72. The summed E-state index contributed by atoms with van der Waals surface area (Å²) in [6.07, 6.45) is -3.27. The van der Waals surface area contributed by atoms with Crippen molar-refractivity contribution < 1.29 is 22.7 Å². The number of hydrogen-bond donors (Lipinski definition) is 0. The standard InChI is InChI=1S/C21H28F3N5O2/c1-13-10-17(18-12-28(8-9-31-18)20(30)27(2)3)29-19(25-13)11-16(26-29)14-4-6-15(7-5-14)21(22,23)24/h10-11,14-15,18H,4-9,12H2,1-3H3/t14-,15-,18-/m1/s1. The topological polar surface area (TPSA) is 63.0 Å². The van der Waals surface area contributed by atoms with Gasteiger partial charge in [0, 0.05) is 38.3 Å². The average molecular weight is 439 g/mol. The number of halogens is 3. The van der Waals surface area contributed by atoms with Crippen LogP contribution in [0.4, 0.5) is 18.0 Å². The molecule has 0 spiro atoms. The van der Waals surface area contributed by atoms with Crippen LogP contribution in [0.2, 0.25) is 0 Å². The minimum Gasteiger partial charge on any atom is -0.368 e. The third-order valence-corrected chi connectivity index (χ3v) is 6.26. The Balaban J connectivity index is 1.58. The number of nitrogens with zero attached hydrogens (tertiary/aromatic N) is 5. The molecule has 1 saturated heterocycles. The van der Waals surface area contributed by atoms with Gasteiger partial charge in [-0.2, -0.15) is 18.3 Å². The second-order valence-electron chi connectivity index (χ2n) is 8.73. The van der Waals surface area contributed by atoms with E-state index in [4.69, 9.17) is 9.84 Å². The molecule has 2 aromatic rings. The second-order valence-corrected chi connectivity index (χ2v) is 8.73. The summed E-state index contributed by atoms with van der Waals surface area (Å²) in [5.41, 5.74) is 3.03. The van der Waals surface area contributed by atoms with Crippen molar-refractivity contribution in [2.45, 2.75) is 50.8 Å². The van der Waals surface area contributed by atoms with E-state index in [2.05, 4.69) is 4.98 Å². The van der Waals surface area contributed by atoms with Crippen molar-refractivity contribution in [1.82, 2.24) is 24.4 Å². The van der Waals surface area contributed by atoms with E-state index in [0.29, 0.717) is 38.2 Å². The number of aromatic nitrogens is 3. The van der Waals surface area contributed by atoms with E-state index in [1.54, 1.807) is 28.4 Å². The van der Waals surface area contributed by atoms with E-state index >= 15 is 0 Å². The highest BCUT2D eigenvalue weighted by molar-refractivity contribution is 5.74. The van der Waals surface area contributed by atoms with E-state index < -0.39 is 12.1 Å². The van der Waals surface area contributed by atoms with Gasteiger partial charge >= 0.3 is 12.2 Å². The molecule has 4 rings (SSSR count). The number of fused-ring (bicyclic) bond motifs is 1. The first-order valence-electron chi connectivity index (χ1n) is 10.6. The minimum atomic E-state index is -4.12. The van der Waals surface area contributed by atoms with Gasteiger partial charge in [-0.1, -0.05) is 0 Å². The molecule has 0 N–H and O–H groups in total. The molecule has 1 aliphatic carbocycles. The molecule has 1 saturated carbocycles. The van der Waals surface area contributed by atoms with E-state index in [1.807, 2.05) is 19.1 Å². The normalized spacial score (nSPS) is 25.1. The number of carbonyl (C=O) groups is 1. The summed E-state index contributed by atoms with van der Waals surface area (Å²) in [7, 11) is 3.43. The molecule has 2 aliphatic rings. The summed E-state index contributed by atoms with van der Waals surface area (Å²) in [6.45, 7) is 3.23. The van der Waals surface area contributed by atoms with Crippen LogP contribution in [0.1, 0.15) is 54.8 Å². The SMILES string of the molecule is Cc1cc([C@H]2CN(C(=O)N(C)C)CCO2)n2nc([C@H]3CC[C@H](C(F)(F)F)CC3)cc2n1. The molecule has 0 unspecified atom stereocenters. The summed E-state index contributed by atoms with van der Waals surface area (Å²) >= 11 is 0. The van der Waals surface area contributed by atoms with Crippen LogP contribution in [0.5, 0.6) is 0 Å². The van der Waals surface area contributed by atoms with Crippen LogP contribution >= 0.6 is 0 Å². The van der Waals surface area contributed by atoms with Gasteiger partial charge in [0.1, 0.15) is 6.10 Å². The molecule has 0 aromatic carbocycles. The van der Waals surface area contributed by atoms with Gasteiger partial charge in [-0.3, -0.25) is 0 Å². The lowest BCUT2D eigenvalue weighted by Crippen LogP contribution is -2.47. The Morgan fingerprint density at radius 1 is 1.19 bits per heavy atom. The highest BCUT2D eigenvalue weighted by atomic mass is 19.4. The maximum atomic E-state index is 13.0. The average Bonchev–Trinajstić information content (AvgIpc) is 3.16. The molecule has 2 fully saturated rings. The van der Waals surface area contributed by atoms with Crippen molar-refractivity contribution in [3.05, 3.63) is 29.2 Å². The van der Waals surface area contributed by atoms with Crippen LogP contribution in [-0.4, -0.2) is 70.4 Å². The van der Waals surface area contributed by atoms with E-state index in [-0.39, 0.29) is 30.9 Å². The molecule has 0 radical (unpaired) electrons. The van der Waals surface area contributed by atoms with Gasteiger partial charge in [-0.25, -0.2) is 14.3 Å². The summed E-state index contributed by atoms with van der Waals surface area (Å²) in [5.74, 6) is -1.22. The Labute approximate surface area is 179 Å². The molecule has 1 aliphatic heterocycles. The fourth-order valence-electron chi connectivity index (χ4n) is 4.58. The summed E-state index contributed by atoms with van der Waals surface area (Å²) in [6, 6.07) is 3.71. The van der Waals surface area contributed by atoms with Crippen molar-refractivity contribution >= 4 is 11.7 Å². The third kappa shape index (κ3) is 4.49. The fourth-order valence-corrected chi connectivity index (χ4v) is 4.58. The molecular formula is C21H28F3N5O2. The Morgan fingerprint density at radius 3 is 2.55 bits per heavy atom. The Morgan fingerprint density at radius 2 is 1.90 bits per heavy atom. The van der Waals surface area contributed by atoms with E-state index in [9.17, 15) is 18.0 Å². The molecule has 7 nitrogen and oxygen atoms in total. The number of morpholine rings is 1. The monoisotopic (exact) mass is 439 g/mol. The van der Waals surface area contributed by atoms with Crippen molar-refractivity contribution in [2.24, 2.45) is 5.92 Å². The molecule has 31 heavy (non-hydrogen) atoms. The van der Waals surface area contributed by atoms with Gasteiger partial charge in [-0.15, -0.1) is 0 Å². The molecular weight excluding hydrogens is 411 g/mol. The number of ether oxygens (including phenoxy) is 1. The zero-order valence-electron chi connectivity index (χ0n) is 18.0. The number of alkyl halides is 3. The summed E-state index contributed by atoms with van der Waals surface area (Å²) < 4.78 is 46.7. The van der Waals surface area contributed by atoms with Crippen molar-refractivity contribution in [3.63, 3.8) is 0 Å². The Kier molecular flexibility index (Phi) is 5.85. The zero-order valence-corrected chi connectivity index (χ0v) is 18.0. The van der Waals surface area contributed by atoms with Crippen LogP contribution < -0.4 is 0 Å². The van der Waals surface area contributed by atoms with Crippen molar-refractivity contribution in [2.75, 3.05) is 33.8 Å². The largest absolute Gasteiger partial charge is 0.391 e. The first kappa shape index (κ1) is 21.9. The van der Waals surface area contributed by atoms with Crippen molar-refractivity contribution in [1.29, 1.82) is 0 Å². The highest BCUT2D eigenvalue weighted by Crippen LogP contribution is 2.42. The molecule has 0 bridgehead atoms. The number of urea groups is 1. The lowest BCUT2D eigenvalue weighted by Gasteiger charge is -2.34. The molecule has 1 atom stereocenters. The van der Waals surface area contributed by atoms with Crippen LogP contribution in [0.15, 0.2) is 12.1 Å². The number of amides is 2. The predicted octanol–water partition coefficient (Wildman–Crippen LogP) is 3.93. The van der Waals surface area contributed by atoms with Gasteiger partial charge in [0.25, 0.3) is 0 Å². The lowest BCUT2D eigenvalue weighted by atomic mass is 9.80. The smallest absolute Gasteiger partial charge is 0.368 e. The van der Waals surface area contributed by atoms with E-state index in [0.717, 1.165) is 17.1 Å². The minimum absolute atomic E-state index is 0.00690. The number of hydrogen-bond acceptors (Lipinski definition) is 4. The predicted molar refractivity (Wildman–Crippen MR) is 108 cm³/mol. The third-order valence-electron chi connectivity index (χ3n) is 6.26. The van der Waals surface area contributed by atoms with Crippen LogP contribution in [0.25, 0.3) is 5.65 Å². The van der Waals surface area contributed by atoms with Crippen LogP contribution in [0, 0.1) is 12.8 Å². The van der Waals surface area contributed by atoms with Gasteiger partial charge < -0.3 is 14.5 Å². The number of aryl methyl sites for hydroxylation is 1. The molecule has 2 aromatic heterocycles. The summed E-state index contributed by atoms with van der Waals surface area (Å²) in [4.78, 5) is 20.2. The zero-order chi connectivity index (χ0) is 22.3. The Hall–Kier alpha value is -2.36. The highest BCUT2D eigenvalue weighted by Gasteiger charge is 2.42. The second kappa shape index (κ2) is 8.29. The molecule has 2 amide bonds. The maximum absolute atomic E-state index is 13.0. The van der Waals surface area contributed by atoms with Gasteiger partial charge in [0.05, 0.1) is 30.5 Å². The van der Waals surface area contributed by atoms with Gasteiger partial charge in [-0.05, 0) is 38.7 Å². The van der Waals surface area contributed by atoms with Crippen molar-refractivity contribution in [3.8, 4) is 0 Å². The van der Waals surface area contributed by atoms with Crippen LogP contribution in [0.3, 0.4) is 0 Å². The quantitative estimate of drug-likeness (QED) is 0.712. The first-order valence-corrected chi connectivity index (χ1v) is 10.6. The molecule has 170 valence electrons. The lowest BCUT2D eigenvalue weighted by molar-refractivity contribution is -0.182. The Bertz CT molecular complexity index is 950. The molecule has 3 heterocycles. The van der Waals surface area contributed by atoms with Gasteiger partial charge in [0.15, 0.2) is 5.65 Å². The number of rotatable bonds is 2. The van der Waals surface area contributed by atoms with Crippen LogP contribution in [-0.2, 0) is 4.74 Å². The number of carbonyl (C=O) groups excluding carboxylic acids is 1. The van der Waals surface area contributed by atoms with E-state index in [1.165, 1.54) is 0 Å². The maximum Gasteiger partial charge on any atom is 0.391 e. The fraction of sp³-hybridized carbons (Fsp3) is 0.667. The molecule has 10 heteroatoms. The first-order chi connectivity index (χ1) is 14.6. The van der Waals surface area contributed by atoms with Gasteiger partial charge in [0.2, 0.25) is 0 Å².